The Kier molecular flexibility index (Phi) is 3.47. The van der Waals surface area contributed by atoms with E-state index < -0.39 is 0 Å². The van der Waals surface area contributed by atoms with Gasteiger partial charge in [0.15, 0.2) is 0 Å². The van der Waals surface area contributed by atoms with Crippen molar-refractivity contribution in [2.45, 2.75) is 0 Å². The summed E-state index contributed by atoms with van der Waals surface area (Å²) in [6, 6.07) is 12.6. The molecular weight excluding hydrogens is 302 g/mol. The van der Waals surface area contributed by atoms with E-state index in [0.717, 1.165) is 21.8 Å². The number of carbonyl (C=O) groups excluding carboxylic acids is 1. The van der Waals surface area contributed by atoms with Crippen LogP contribution in [0.4, 0.5) is 16.2 Å². The van der Waals surface area contributed by atoms with Gasteiger partial charge < -0.3 is 10.6 Å². The van der Waals surface area contributed by atoms with Gasteiger partial charge in [0.25, 0.3) is 0 Å². The molecule has 2 amide bonds. The maximum Gasteiger partial charge on any atom is 0.323 e. The molecule has 0 bridgehead atoms. The first-order valence-electron chi connectivity index (χ1n) is 7.42. The van der Waals surface area contributed by atoms with Gasteiger partial charge in [0.1, 0.15) is 0 Å². The Morgan fingerprint density at radius 2 is 1.67 bits per heavy atom. The van der Waals surface area contributed by atoms with Gasteiger partial charge in [-0.15, -0.1) is 0 Å². The van der Waals surface area contributed by atoms with Gasteiger partial charge in [0.05, 0.1) is 28.6 Å². The smallest absolute Gasteiger partial charge is 0.307 e. The second-order valence-corrected chi connectivity index (χ2v) is 5.22. The zero-order valence-corrected chi connectivity index (χ0v) is 12.6. The number of nitrogens with one attached hydrogen (secondary N) is 2. The van der Waals surface area contributed by atoms with Crippen LogP contribution in [0.2, 0.25) is 0 Å². The van der Waals surface area contributed by atoms with Crippen molar-refractivity contribution < 1.29 is 4.79 Å². The highest BCUT2D eigenvalue weighted by Crippen LogP contribution is 2.29. The number of aromatic nitrogens is 3. The van der Waals surface area contributed by atoms with E-state index in [1.54, 1.807) is 36.9 Å². The molecule has 4 rings (SSSR count). The molecule has 0 aliphatic heterocycles. The number of rotatable bonds is 2. The molecule has 0 saturated heterocycles. The van der Waals surface area contributed by atoms with E-state index in [4.69, 9.17) is 0 Å². The Balaban J connectivity index is 1.74. The third kappa shape index (κ3) is 2.61. The van der Waals surface area contributed by atoms with Crippen molar-refractivity contribution in [1.82, 2.24) is 15.0 Å². The first-order chi connectivity index (χ1) is 11.8. The lowest BCUT2D eigenvalue weighted by molar-refractivity contribution is 0.262. The van der Waals surface area contributed by atoms with Crippen LogP contribution in [-0.2, 0) is 0 Å². The fourth-order valence-electron chi connectivity index (χ4n) is 2.60. The third-order valence-electron chi connectivity index (χ3n) is 3.63. The van der Waals surface area contributed by atoms with E-state index in [1.165, 1.54) is 0 Å². The summed E-state index contributed by atoms with van der Waals surface area (Å²) in [5, 5.41) is 7.39. The number of hydrogen-bond donors (Lipinski definition) is 2. The fourth-order valence-corrected chi connectivity index (χ4v) is 2.60. The Morgan fingerprint density at radius 1 is 0.875 bits per heavy atom. The van der Waals surface area contributed by atoms with Crippen LogP contribution in [0.15, 0.2) is 67.3 Å². The van der Waals surface area contributed by atoms with Gasteiger partial charge in [-0.1, -0.05) is 6.07 Å². The molecule has 3 heterocycles. The Bertz CT molecular complexity index is 1030. The topological polar surface area (TPSA) is 79.8 Å². The van der Waals surface area contributed by atoms with Gasteiger partial charge in [-0.05, 0) is 36.4 Å². The number of pyridine rings is 3. The van der Waals surface area contributed by atoms with E-state index in [0.29, 0.717) is 11.4 Å². The SMILES string of the molecule is O=C(Nc1cccnc1)Nc1cc2cccnc2c2ncccc12. The normalized spacial score (nSPS) is 10.7. The van der Waals surface area contributed by atoms with Crippen LogP contribution in [0.5, 0.6) is 0 Å². The number of benzene rings is 1. The van der Waals surface area contributed by atoms with Gasteiger partial charge in [-0.3, -0.25) is 15.0 Å². The molecule has 4 aromatic rings. The highest BCUT2D eigenvalue weighted by atomic mass is 16.2. The molecule has 0 radical (unpaired) electrons. The van der Waals surface area contributed by atoms with Gasteiger partial charge in [-0.25, -0.2) is 4.79 Å². The van der Waals surface area contributed by atoms with Crippen LogP contribution >= 0.6 is 0 Å². The number of amides is 2. The maximum absolute atomic E-state index is 12.3. The lowest BCUT2D eigenvalue weighted by atomic mass is 10.1. The molecule has 116 valence electrons. The largest absolute Gasteiger partial charge is 0.323 e. The number of urea groups is 1. The summed E-state index contributed by atoms with van der Waals surface area (Å²) >= 11 is 0. The van der Waals surface area contributed by atoms with E-state index in [-0.39, 0.29) is 6.03 Å². The second kappa shape index (κ2) is 5.92. The Hall–Kier alpha value is -3.54. The first-order valence-corrected chi connectivity index (χ1v) is 7.42. The Morgan fingerprint density at radius 3 is 2.50 bits per heavy atom. The summed E-state index contributed by atoms with van der Waals surface area (Å²) in [5.74, 6) is 0. The standard InChI is InChI=1S/C18H13N5O/c24-18(22-13-5-2-7-19-11-13)23-15-10-12-4-1-8-20-16(12)17-14(15)6-3-9-21-17/h1-11H,(H2,22,23,24). The predicted octanol–water partition coefficient (Wildman–Crippen LogP) is 3.82. The van der Waals surface area contributed by atoms with Crippen LogP contribution in [0.25, 0.3) is 21.8 Å². The lowest BCUT2D eigenvalue weighted by Crippen LogP contribution is -2.19. The van der Waals surface area contributed by atoms with Crippen molar-refractivity contribution >= 4 is 39.2 Å². The number of fused-ring (bicyclic) bond motifs is 3. The summed E-state index contributed by atoms with van der Waals surface area (Å²) in [6.45, 7) is 0. The zero-order chi connectivity index (χ0) is 16.4. The van der Waals surface area contributed by atoms with Crippen LogP contribution in [0.1, 0.15) is 0 Å². The van der Waals surface area contributed by atoms with Crippen LogP contribution < -0.4 is 10.6 Å². The highest BCUT2D eigenvalue weighted by molar-refractivity contribution is 6.13. The molecule has 2 N–H and O–H groups in total. The summed E-state index contributed by atoms with van der Waals surface area (Å²) < 4.78 is 0. The highest BCUT2D eigenvalue weighted by Gasteiger charge is 2.10. The van der Waals surface area contributed by atoms with Crippen LogP contribution in [0, 0.1) is 0 Å². The minimum Gasteiger partial charge on any atom is -0.307 e. The molecule has 6 nitrogen and oxygen atoms in total. The van der Waals surface area contributed by atoms with Crippen LogP contribution in [0.3, 0.4) is 0 Å². The van der Waals surface area contributed by atoms with Crippen molar-refractivity contribution in [3.63, 3.8) is 0 Å². The maximum atomic E-state index is 12.3. The number of carbonyl (C=O) groups is 1. The second-order valence-electron chi connectivity index (χ2n) is 5.22. The van der Waals surface area contributed by atoms with Crippen molar-refractivity contribution in [1.29, 1.82) is 0 Å². The molecule has 3 aromatic heterocycles. The van der Waals surface area contributed by atoms with Crippen molar-refractivity contribution in [3.05, 3.63) is 67.3 Å². The molecule has 0 spiro atoms. The van der Waals surface area contributed by atoms with E-state index in [1.807, 2.05) is 30.3 Å². The lowest BCUT2D eigenvalue weighted by Gasteiger charge is -2.11. The summed E-state index contributed by atoms with van der Waals surface area (Å²) in [6.07, 6.45) is 6.69. The van der Waals surface area contributed by atoms with E-state index in [2.05, 4.69) is 25.6 Å². The van der Waals surface area contributed by atoms with Crippen molar-refractivity contribution in [3.8, 4) is 0 Å². The van der Waals surface area contributed by atoms with Crippen molar-refractivity contribution in [2.24, 2.45) is 0 Å². The predicted molar refractivity (Wildman–Crippen MR) is 93.9 cm³/mol. The van der Waals surface area contributed by atoms with Gasteiger partial charge in [0, 0.05) is 29.4 Å². The fraction of sp³-hybridized carbons (Fsp3) is 0. The molecule has 0 saturated carbocycles. The summed E-state index contributed by atoms with van der Waals surface area (Å²) in [4.78, 5) is 25.1. The monoisotopic (exact) mass is 315 g/mol. The molecule has 6 heteroatoms. The Labute approximate surface area is 137 Å². The average Bonchev–Trinajstić information content (AvgIpc) is 2.63. The van der Waals surface area contributed by atoms with Crippen molar-refractivity contribution in [2.75, 3.05) is 10.6 Å². The molecule has 24 heavy (non-hydrogen) atoms. The number of nitrogens with zero attached hydrogens (tertiary/aromatic N) is 3. The first kappa shape index (κ1) is 14.1. The third-order valence-corrected chi connectivity index (χ3v) is 3.63. The molecule has 0 aliphatic carbocycles. The van der Waals surface area contributed by atoms with E-state index in [9.17, 15) is 4.79 Å². The molecule has 0 aliphatic rings. The summed E-state index contributed by atoms with van der Waals surface area (Å²) in [7, 11) is 0. The zero-order valence-electron chi connectivity index (χ0n) is 12.6. The summed E-state index contributed by atoms with van der Waals surface area (Å²) in [5.41, 5.74) is 2.87. The molecule has 1 aromatic carbocycles. The average molecular weight is 315 g/mol. The van der Waals surface area contributed by atoms with E-state index >= 15 is 0 Å². The molecule has 0 atom stereocenters. The van der Waals surface area contributed by atoms with Gasteiger partial charge in [-0.2, -0.15) is 0 Å². The van der Waals surface area contributed by atoms with Crippen LogP contribution in [-0.4, -0.2) is 21.0 Å². The minimum absolute atomic E-state index is 0.337. The molecular formula is C18H13N5O. The van der Waals surface area contributed by atoms with Gasteiger partial charge >= 0.3 is 6.03 Å². The number of hydrogen-bond acceptors (Lipinski definition) is 4. The van der Waals surface area contributed by atoms with Gasteiger partial charge in [0.2, 0.25) is 0 Å². The molecule has 0 unspecified atom stereocenters. The minimum atomic E-state index is -0.337. The quantitative estimate of drug-likeness (QED) is 0.551. The molecule has 0 fully saturated rings. The number of anilines is 2.